The fourth-order valence-electron chi connectivity index (χ4n) is 1.53. The molecule has 2 rings (SSSR count). The summed E-state index contributed by atoms with van der Waals surface area (Å²) in [7, 11) is 0. The van der Waals surface area contributed by atoms with E-state index in [1.54, 1.807) is 0 Å². The molecule has 0 bridgehead atoms. The molecule has 0 atom stereocenters. The Bertz CT molecular complexity index is 401. The standard InChI is InChI=1S/C10H12N2/c1-3-9-8-4-5-11-10(8)7(2)6-12-9/h4-6,11H,3H2,1-2H3. The van der Waals surface area contributed by atoms with Gasteiger partial charge in [0.2, 0.25) is 0 Å². The Balaban J connectivity index is 2.82. The van der Waals surface area contributed by atoms with Crippen molar-refractivity contribution in [1.29, 1.82) is 0 Å². The zero-order chi connectivity index (χ0) is 8.55. The highest BCUT2D eigenvalue weighted by Gasteiger charge is 2.02. The highest BCUT2D eigenvalue weighted by molar-refractivity contribution is 5.84. The predicted molar refractivity (Wildman–Crippen MR) is 50.2 cm³/mol. The van der Waals surface area contributed by atoms with Gasteiger partial charge in [0.25, 0.3) is 0 Å². The molecule has 2 aromatic heterocycles. The Labute approximate surface area is 71.6 Å². The molecule has 0 aromatic carbocycles. The molecule has 0 aliphatic heterocycles. The number of hydrogen-bond donors (Lipinski definition) is 1. The van der Waals surface area contributed by atoms with Crippen LogP contribution in [0.25, 0.3) is 10.9 Å². The quantitative estimate of drug-likeness (QED) is 0.682. The molecule has 0 fully saturated rings. The molecule has 2 aromatic rings. The number of rotatable bonds is 1. The highest BCUT2D eigenvalue weighted by atomic mass is 14.7. The maximum absolute atomic E-state index is 4.38. The minimum absolute atomic E-state index is 0.995. The van der Waals surface area contributed by atoms with Crippen LogP contribution in [0.3, 0.4) is 0 Å². The summed E-state index contributed by atoms with van der Waals surface area (Å²) >= 11 is 0. The monoisotopic (exact) mass is 160 g/mol. The summed E-state index contributed by atoms with van der Waals surface area (Å²) in [5, 5.41) is 1.26. The van der Waals surface area contributed by atoms with Crippen molar-refractivity contribution < 1.29 is 0 Å². The van der Waals surface area contributed by atoms with Gasteiger partial charge in [0, 0.05) is 23.5 Å². The smallest absolute Gasteiger partial charge is 0.0517 e. The van der Waals surface area contributed by atoms with E-state index in [0.29, 0.717) is 0 Å². The summed E-state index contributed by atoms with van der Waals surface area (Å²) in [6, 6.07) is 2.09. The Kier molecular flexibility index (Phi) is 1.61. The molecule has 0 saturated carbocycles. The van der Waals surface area contributed by atoms with Gasteiger partial charge < -0.3 is 4.98 Å². The molecule has 0 saturated heterocycles. The molecule has 2 nitrogen and oxygen atoms in total. The molecule has 0 radical (unpaired) electrons. The Morgan fingerprint density at radius 3 is 3.08 bits per heavy atom. The van der Waals surface area contributed by atoms with Gasteiger partial charge in [-0.15, -0.1) is 0 Å². The summed E-state index contributed by atoms with van der Waals surface area (Å²) in [5.41, 5.74) is 3.62. The molecule has 62 valence electrons. The average molecular weight is 160 g/mol. The average Bonchev–Trinajstić information content (AvgIpc) is 2.54. The van der Waals surface area contributed by atoms with Crippen molar-refractivity contribution in [3.05, 3.63) is 29.7 Å². The number of pyridine rings is 1. The lowest BCUT2D eigenvalue weighted by Crippen LogP contribution is -1.89. The lowest BCUT2D eigenvalue weighted by atomic mass is 10.1. The lowest BCUT2D eigenvalue weighted by molar-refractivity contribution is 1.05. The highest BCUT2D eigenvalue weighted by Crippen LogP contribution is 2.18. The van der Waals surface area contributed by atoms with Crippen molar-refractivity contribution >= 4 is 10.9 Å². The summed E-state index contributed by atoms with van der Waals surface area (Å²) in [6.07, 6.45) is 4.89. The van der Waals surface area contributed by atoms with E-state index < -0.39 is 0 Å². The third-order valence-electron chi connectivity index (χ3n) is 2.20. The fourth-order valence-corrected chi connectivity index (χ4v) is 1.53. The number of nitrogens with zero attached hydrogens (tertiary/aromatic N) is 1. The third-order valence-corrected chi connectivity index (χ3v) is 2.20. The number of hydrogen-bond acceptors (Lipinski definition) is 1. The second kappa shape index (κ2) is 2.63. The van der Waals surface area contributed by atoms with Crippen molar-refractivity contribution in [3.63, 3.8) is 0 Å². The molecule has 0 aliphatic rings. The van der Waals surface area contributed by atoms with Crippen LogP contribution in [0.15, 0.2) is 18.5 Å². The minimum Gasteiger partial charge on any atom is -0.361 e. The van der Waals surface area contributed by atoms with E-state index in [1.807, 2.05) is 12.4 Å². The predicted octanol–water partition coefficient (Wildman–Crippen LogP) is 2.43. The molecule has 0 spiro atoms. The Morgan fingerprint density at radius 2 is 2.33 bits per heavy atom. The van der Waals surface area contributed by atoms with Crippen molar-refractivity contribution in [2.24, 2.45) is 0 Å². The molecular formula is C10H12N2. The topological polar surface area (TPSA) is 28.7 Å². The number of nitrogens with one attached hydrogen (secondary N) is 1. The molecule has 0 aliphatic carbocycles. The summed E-state index contributed by atoms with van der Waals surface area (Å²) < 4.78 is 0. The van der Waals surface area contributed by atoms with Gasteiger partial charge in [-0.05, 0) is 25.0 Å². The number of aromatic amines is 1. The summed E-state index contributed by atoms with van der Waals surface area (Å²) in [6.45, 7) is 4.20. The minimum atomic E-state index is 0.995. The van der Waals surface area contributed by atoms with Crippen LogP contribution < -0.4 is 0 Å². The van der Waals surface area contributed by atoms with Crippen LogP contribution in [0, 0.1) is 6.92 Å². The van der Waals surface area contributed by atoms with Gasteiger partial charge in [-0.1, -0.05) is 6.92 Å². The fraction of sp³-hybridized carbons (Fsp3) is 0.300. The van der Waals surface area contributed by atoms with Crippen LogP contribution in [0.5, 0.6) is 0 Å². The molecule has 12 heavy (non-hydrogen) atoms. The van der Waals surface area contributed by atoms with Gasteiger partial charge >= 0.3 is 0 Å². The molecular weight excluding hydrogens is 148 g/mol. The normalized spacial score (nSPS) is 10.8. The van der Waals surface area contributed by atoms with E-state index in [0.717, 1.165) is 6.42 Å². The lowest BCUT2D eigenvalue weighted by Gasteiger charge is -2.00. The first-order chi connectivity index (χ1) is 5.83. The molecule has 0 unspecified atom stereocenters. The Morgan fingerprint density at radius 1 is 1.50 bits per heavy atom. The maximum atomic E-state index is 4.38. The van der Waals surface area contributed by atoms with Crippen molar-refractivity contribution in [3.8, 4) is 0 Å². The van der Waals surface area contributed by atoms with E-state index in [2.05, 4.69) is 29.9 Å². The van der Waals surface area contributed by atoms with Crippen molar-refractivity contribution in [2.45, 2.75) is 20.3 Å². The van der Waals surface area contributed by atoms with Crippen molar-refractivity contribution in [2.75, 3.05) is 0 Å². The molecule has 2 heteroatoms. The second-order valence-corrected chi connectivity index (χ2v) is 3.01. The van der Waals surface area contributed by atoms with Gasteiger partial charge in [-0.2, -0.15) is 0 Å². The number of fused-ring (bicyclic) bond motifs is 1. The molecule has 2 heterocycles. The SMILES string of the molecule is CCc1ncc(C)c2[nH]ccc12. The zero-order valence-electron chi connectivity index (χ0n) is 7.39. The van der Waals surface area contributed by atoms with Gasteiger partial charge in [-0.25, -0.2) is 0 Å². The van der Waals surface area contributed by atoms with Crippen LogP contribution in [0.4, 0.5) is 0 Å². The van der Waals surface area contributed by atoms with Gasteiger partial charge in [0.15, 0.2) is 0 Å². The summed E-state index contributed by atoms with van der Waals surface area (Å²) in [5.74, 6) is 0. The van der Waals surface area contributed by atoms with Gasteiger partial charge in [0.05, 0.1) is 5.52 Å². The van der Waals surface area contributed by atoms with E-state index in [4.69, 9.17) is 0 Å². The molecule has 1 N–H and O–H groups in total. The Hall–Kier alpha value is -1.31. The summed E-state index contributed by atoms with van der Waals surface area (Å²) in [4.78, 5) is 7.60. The number of aryl methyl sites for hydroxylation is 2. The van der Waals surface area contributed by atoms with E-state index in [1.165, 1.54) is 22.2 Å². The van der Waals surface area contributed by atoms with E-state index in [9.17, 15) is 0 Å². The zero-order valence-corrected chi connectivity index (χ0v) is 7.39. The van der Waals surface area contributed by atoms with E-state index in [-0.39, 0.29) is 0 Å². The van der Waals surface area contributed by atoms with Crippen LogP contribution in [0.2, 0.25) is 0 Å². The van der Waals surface area contributed by atoms with Crippen LogP contribution >= 0.6 is 0 Å². The van der Waals surface area contributed by atoms with Crippen LogP contribution in [-0.4, -0.2) is 9.97 Å². The first-order valence-corrected chi connectivity index (χ1v) is 4.24. The number of aromatic nitrogens is 2. The van der Waals surface area contributed by atoms with Gasteiger partial charge in [0.1, 0.15) is 0 Å². The van der Waals surface area contributed by atoms with E-state index >= 15 is 0 Å². The largest absolute Gasteiger partial charge is 0.361 e. The van der Waals surface area contributed by atoms with Gasteiger partial charge in [-0.3, -0.25) is 4.98 Å². The van der Waals surface area contributed by atoms with Crippen LogP contribution in [-0.2, 0) is 6.42 Å². The van der Waals surface area contributed by atoms with Crippen LogP contribution in [0.1, 0.15) is 18.2 Å². The maximum Gasteiger partial charge on any atom is 0.0517 e. The third kappa shape index (κ3) is 0.916. The molecule has 0 amide bonds. The van der Waals surface area contributed by atoms with Crippen molar-refractivity contribution in [1.82, 2.24) is 9.97 Å². The first-order valence-electron chi connectivity index (χ1n) is 4.24. The first kappa shape index (κ1) is 7.35. The number of H-pyrrole nitrogens is 1. The second-order valence-electron chi connectivity index (χ2n) is 3.01.